The molecule has 15 nitrogen and oxygen atoms in total. The van der Waals surface area contributed by atoms with Gasteiger partial charge in [0, 0.05) is 12.8 Å². The minimum Gasteiger partial charge on any atom is -0.462 e. The smallest absolute Gasteiger partial charge is 0.306 e. The molecule has 0 amide bonds. The van der Waals surface area contributed by atoms with Gasteiger partial charge >= 0.3 is 11.9 Å². The van der Waals surface area contributed by atoms with E-state index in [1.54, 1.807) is 0 Å². The van der Waals surface area contributed by atoms with E-state index in [4.69, 9.17) is 28.4 Å². The van der Waals surface area contributed by atoms with Gasteiger partial charge in [-0.1, -0.05) is 166 Å². The van der Waals surface area contributed by atoms with Crippen LogP contribution in [-0.2, 0) is 38.0 Å². The molecular formula is C52H92O15. The largest absolute Gasteiger partial charge is 0.462 e. The molecule has 2 aliphatic rings. The van der Waals surface area contributed by atoms with Gasteiger partial charge in [-0.25, -0.2) is 0 Å². The molecule has 15 heteroatoms. The van der Waals surface area contributed by atoms with Gasteiger partial charge in [-0.05, 0) is 44.9 Å². The summed E-state index contributed by atoms with van der Waals surface area (Å²) in [5.41, 5.74) is 0. The molecule has 7 N–H and O–H groups in total. The van der Waals surface area contributed by atoms with Crippen LogP contribution in [0.3, 0.4) is 0 Å². The average Bonchev–Trinajstić information content (AvgIpc) is 3.32. The van der Waals surface area contributed by atoms with Crippen molar-refractivity contribution in [2.24, 2.45) is 0 Å². The topological polar surface area (TPSA) is 231 Å². The lowest BCUT2D eigenvalue weighted by atomic mass is 9.98. The lowest BCUT2D eigenvalue weighted by Gasteiger charge is -2.42. The van der Waals surface area contributed by atoms with Crippen LogP contribution >= 0.6 is 0 Å². The van der Waals surface area contributed by atoms with Crippen molar-refractivity contribution in [2.75, 3.05) is 26.4 Å². The summed E-state index contributed by atoms with van der Waals surface area (Å²) >= 11 is 0. The molecule has 67 heavy (non-hydrogen) atoms. The number of esters is 2. The van der Waals surface area contributed by atoms with E-state index in [1.807, 2.05) is 0 Å². The standard InChI is InChI=1S/C52H92O15/c1-3-5-7-9-11-13-15-17-18-19-20-21-23-24-26-28-30-32-34-43(54)62-37-40(65-44(55)35-33-31-29-27-25-22-16-14-12-10-8-6-4-2)38-63-51-50(61)48(59)46(57)42(67-51)39-64-52-49(60)47(58)45(56)41(36-53)66-52/h6,8,12,14,22,25,40-42,45-53,56-61H,3-5,7,9-11,13,15-21,23-24,26-39H2,1-2H3/b8-6-,14-12-,25-22-. The Labute approximate surface area is 402 Å². The molecule has 2 heterocycles. The zero-order valence-electron chi connectivity index (χ0n) is 41.1. The Bertz CT molecular complexity index is 1310. The van der Waals surface area contributed by atoms with Gasteiger partial charge in [0.05, 0.1) is 19.8 Å². The molecular weight excluding hydrogens is 865 g/mol. The van der Waals surface area contributed by atoms with Crippen molar-refractivity contribution in [3.8, 4) is 0 Å². The van der Waals surface area contributed by atoms with Crippen molar-refractivity contribution >= 4 is 11.9 Å². The third kappa shape index (κ3) is 27.6. The summed E-state index contributed by atoms with van der Waals surface area (Å²) in [6, 6.07) is 0. The van der Waals surface area contributed by atoms with E-state index >= 15 is 0 Å². The maximum absolute atomic E-state index is 13.0. The Morgan fingerprint density at radius 1 is 0.493 bits per heavy atom. The second kappa shape index (κ2) is 39.4. The number of aliphatic hydroxyl groups excluding tert-OH is 7. The summed E-state index contributed by atoms with van der Waals surface area (Å²) in [6.07, 6.45) is 24.7. The van der Waals surface area contributed by atoms with Crippen LogP contribution < -0.4 is 0 Å². The Morgan fingerprint density at radius 2 is 0.940 bits per heavy atom. The van der Waals surface area contributed by atoms with Crippen LogP contribution in [0.4, 0.5) is 0 Å². The molecule has 11 atom stereocenters. The van der Waals surface area contributed by atoms with E-state index in [0.29, 0.717) is 12.8 Å². The fourth-order valence-electron chi connectivity index (χ4n) is 8.11. The lowest BCUT2D eigenvalue weighted by molar-refractivity contribution is -0.332. The lowest BCUT2D eigenvalue weighted by Crippen LogP contribution is -2.61. The van der Waals surface area contributed by atoms with Crippen molar-refractivity contribution in [3.63, 3.8) is 0 Å². The number of unbranched alkanes of at least 4 members (excludes halogenated alkanes) is 20. The van der Waals surface area contributed by atoms with E-state index in [-0.39, 0.29) is 19.4 Å². The summed E-state index contributed by atoms with van der Waals surface area (Å²) < 4.78 is 33.5. The number of hydrogen-bond donors (Lipinski definition) is 7. The van der Waals surface area contributed by atoms with Crippen LogP contribution in [0.15, 0.2) is 36.5 Å². The van der Waals surface area contributed by atoms with Crippen molar-refractivity contribution in [2.45, 2.75) is 255 Å². The third-order valence-electron chi connectivity index (χ3n) is 12.4. The predicted octanol–water partition coefficient (Wildman–Crippen LogP) is 7.32. The van der Waals surface area contributed by atoms with Gasteiger partial charge in [-0.3, -0.25) is 9.59 Å². The summed E-state index contributed by atoms with van der Waals surface area (Å²) in [5.74, 6) is -0.954. The molecule has 2 aliphatic heterocycles. The third-order valence-corrected chi connectivity index (χ3v) is 12.4. The maximum atomic E-state index is 13.0. The monoisotopic (exact) mass is 957 g/mol. The van der Waals surface area contributed by atoms with Gasteiger partial charge in [-0.15, -0.1) is 0 Å². The van der Waals surface area contributed by atoms with E-state index in [0.717, 1.165) is 57.8 Å². The molecule has 0 aromatic carbocycles. The number of aliphatic hydroxyl groups is 7. The molecule has 390 valence electrons. The Balaban J connectivity index is 1.79. The van der Waals surface area contributed by atoms with Gasteiger partial charge in [0.25, 0.3) is 0 Å². The van der Waals surface area contributed by atoms with E-state index in [2.05, 4.69) is 50.3 Å². The van der Waals surface area contributed by atoms with Gasteiger partial charge in [0.1, 0.15) is 55.4 Å². The zero-order valence-corrected chi connectivity index (χ0v) is 41.1. The molecule has 0 aliphatic carbocycles. The number of carbonyl (C=O) groups excluding carboxylic acids is 2. The van der Waals surface area contributed by atoms with Crippen molar-refractivity contribution < 1.29 is 73.8 Å². The van der Waals surface area contributed by atoms with Crippen LogP contribution in [0.2, 0.25) is 0 Å². The van der Waals surface area contributed by atoms with E-state index in [1.165, 1.54) is 89.9 Å². The first-order valence-corrected chi connectivity index (χ1v) is 26.1. The fourth-order valence-corrected chi connectivity index (χ4v) is 8.11. The Hall–Kier alpha value is -2.28. The quantitative estimate of drug-likeness (QED) is 0.0181. The van der Waals surface area contributed by atoms with Crippen molar-refractivity contribution in [1.82, 2.24) is 0 Å². The summed E-state index contributed by atoms with van der Waals surface area (Å²) in [6.45, 7) is 2.45. The molecule has 11 unspecified atom stereocenters. The SMILES string of the molecule is CC/C=C\C/C=C\C/C=C\CCCCCC(=O)OC(COC(=O)CCCCCCCCCCCCCCCCCCCC)COC1OC(COC2OC(CO)C(O)C(O)C2O)C(O)C(O)C1O. The van der Waals surface area contributed by atoms with Gasteiger partial charge < -0.3 is 64.2 Å². The van der Waals surface area contributed by atoms with Crippen LogP contribution in [-0.4, -0.2) is 142 Å². The van der Waals surface area contributed by atoms with Crippen LogP contribution in [0.1, 0.15) is 187 Å². The van der Waals surface area contributed by atoms with Crippen molar-refractivity contribution in [3.05, 3.63) is 36.5 Å². The highest BCUT2D eigenvalue weighted by Gasteiger charge is 2.47. The summed E-state index contributed by atoms with van der Waals surface area (Å²) in [7, 11) is 0. The van der Waals surface area contributed by atoms with Crippen molar-refractivity contribution in [1.29, 1.82) is 0 Å². The highest BCUT2D eigenvalue weighted by molar-refractivity contribution is 5.70. The first-order chi connectivity index (χ1) is 32.5. The highest BCUT2D eigenvalue weighted by atomic mass is 16.7. The van der Waals surface area contributed by atoms with Crippen LogP contribution in [0.25, 0.3) is 0 Å². The molecule has 0 saturated carbocycles. The maximum Gasteiger partial charge on any atom is 0.306 e. The molecule has 0 aromatic heterocycles. The minimum atomic E-state index is -1.77. The van der Waals surface area contributed by atoms with Crippen LogP contribution in [0.5, 0.6) is 0 Å². The van der Waals surface area contributed by atoms with Gasteiger partial charge in [-0.2, -0.15) is 0 Å². The normalized spacial score (nSPS) is 26.2. The molecule has 0 radical (unpaired) electrons. The first-order valence-electron chi connectivity index (χ1n) is 26.1. The molecule has 2 saturated heterocycles. The summed E-state index contributed by atoms with van der Waals surface area (Å²) in [4.78, 5) is 25.7. The zero-order chi connectivity index (χ0) is 48.9. The van der Waals surface area contributed by atoms with E-state index < -0.39 is 99.3 Å². The summed E-state index contributed by atoms with van der Waals surface area (Å²) in [5, 5.41) is 72.0. The molecule has 2 fully saturated rings. The number of ether oxygens (including phenoxy) is 6. The van der Waals surface area contributed by atoms with Crippen LogP contribution in [0, 0.1) is 0 Å². The Kier molecular flexibility index (Phi) is 35.8. The second-order valence-electron chi connectivity index (χ2n) is 18.3. The second-order valence-corrected chi connectivity index (χ2v) is 18.3. The van der Waals surface area contributed by atoms with Gasteiger partial charge in [0.2, 0.25) is 0 Å². The molecule has 0 spiro atoms. The highest BCUT2D eigenvalue weighted by Crippen LogP contribution is 2.26. The number of rotatable bonds is 40. The first kappa shape index (κ1) is 60.8. The molecule has 2 rings (SSSR count). The number of allylic oxidation sites excluding steroid dienone is 6. The van der Waals surface area contributed by atoms with E-state index in [9.17, 15) is 45.3 Å². The number of hydrogen-bond acceptors (Lipinski definition) is 15. The predicted molar refractivity (Wildman–Crippen MR) is 257 cm³/mol. The Morgan fingerprint density at radius 3 is 1.48 bits per heavy atom. The number of carbonyl (C=O) groups is 2. The average molecular weight is 957 g/mol. The van der Waals surface area contributed by atoms with Gasteiger partial charge in [0.15, 0.2) is 18.7 Å². The molecule has 0 aromatic rings. The minimum absolute atomic E-state index is 0.131. The fraction of sp³-hybridized carbons (Fsp3) is 0.846. The molecule has 0 bridgehead atoms.